The van der Waals surface area contributed by atoms with Crippen LogP contribution in [0.3, 0.4) is 0 Å². The number of rotatable bonds is 5. The van der Waals surface area contributed by atoms with Crippen molar-refractivity contribution in [2.45, 2.75) is 6.92 Å². The summed E-state index contributed by atoms with van der Waals surface area (Å²) < 4.78 is 2.43. The zero-order chi connectivity index (χ0) is 35.8. The van der Waals surface area contributed by atoms with Crippen molar-refractivity contribution in [1.29, 1.82) is 0 Å². The van der Waals surface area contributed by atoms with Gasteiger partial charge in [-0.05, 0) is 120 Å². The Morgan fingerprint density at radius 2 is 0.741 bits per heavy atom. The van der Waals surface area contributed by atoms with Gasteiger partial charge < -0.3 is 4.57 Å². The van der Waals surface area contributed by atoms with Crippen molar-refractivity contribution in [2.24, 2.45) is 0 Å². The Hall–Kier alpha value is -6.96. The number of nitrogens with zero attached hydrogens (tertiary/aromatic N) is 1. The van der Waals surface area contributed by atoms with Gasteiger partial charge in [-0.2, -0.15) is 0 Å². The van der Waals surface area contributed by atoms with E-state index in [2.05, 4.69) is 206 Å². The molecule has 1 nitrogen and oxygen atoms in total. The van der Waals surface area contributed by atoms with Crippen LogP contribution in [0.15, 0.2) is 194 Å². The molecule has 0 aliphatic heterocycles. The second-order valence-electron chi connectivity index (χ2n) is 14.6. The Morgan fingerprint density at radius 1 is 0.315 bits per heavy atom. The van der Waals surface area contributed by atoms with Gasteiger partial charge in [0.05, 0.1) is 11.0 Å². The molecular formula is C53H35N. The molecule has 11 aromatic rings. The lowest BCUT2D eigenvalue weighted by atomic mass is 9.87. The Labute approximate surface area is 314 Å². The summed E-state index contributed by atoms with van der Waals surface area (Å²) in [6, 6.07) is 71.7. The van der Waals surface area contributed by atoms with Crippen molar-refractivity contribution in [2.75, 3.05) is 0 Å². The van der Waals surface area contributed by atoms with Crippen molar-refractivity contribution < 1.29 is 0 Å². The van der Waals surface area contributed by atoms with E-state index in [9.17, 15) is 0 Å². The molecule has 1 heteroatoms. The molecule has 0 unspecified atom stereocenters. The summed E-state index contributed by atoms with van der Waals surface area (Å²) in [4.78, 5) is 0. The topological polar surface area (TPSA) is 4.93 Å². The first-order chi connectivity index (χ1) is 26.7. The lowest BCUT2D eigenvalue weighted by Crippen LogP contribution is -1.94. The summed E-state index contributed by atoms with van der Waals surface area (Å²) in [5, 5.41) is 10.3. The number of fused-ring (bicyclic) bond motifs is 3. The zero-order valence-electron chi connectivity index (χ0n) is 29.9. The summed E-state index contributed by atoms with van der Waals surface area (Å²) >= 11 is 0. The van der Waals surface area contributed by atoms with E-state index < -0.39 is 0 Å². The average molecular weight is 686 g/mol. The van der Waals surface area contributed by atoms with Crippen molar-refractivity contribution in [3.8, 4) is 50.2 Å². The van der Waals surface area contributed by atoms with Crippen LogP contribution in [0.4, 0.5) is 0 Å². The molecule has 1 heterocycles. The molecule has 0 aliphatic rings. The summed E-state index contributed by atoms with van der Waals surface area (Å²) in [7, 11) is 0. The molecule has 0 fully saturated rings. The predicted molar refractivity (Wildman–Crippen MR) is 231 cm³/mol. The van der Waals surface area contributed by atoms with Crippen LogP contribution in [0, 0.1) is 6.92 Å². The molecule has 11 rings (SSSR count). The third-order valence-electron chi connectivity index (χ3n) is 11.4. The molecule has 0 aliphatic carbocycles. The van der Waals surface area contributed by atoms with Gasteiger partial charge in [-0.3, -0.25) is 0 Å². The number of hydrogen-bond donors (Lipinski definition) is 0. The number of hydrogen-bond acceptors (Lipinski definition) is 0. The van der Waals surface area contributed by atoms with E-state index in [1.807, 2.05) is 0 Å². The SMILES string of the molecule is Cc1ccc(-c2ccc3ccc4c(-c5ccc(-n6c7ccc(-c8ccccc8)cc7c7cc(-c8ccccc8)ccc76)cc5)ccc5ccc2c3c54)cc1. The standard InChI is InChI=1S/C53H35N/c1-34-12-14-37(15-13-34)44-26-18-39-21-29-47-45(27-19-40-20-28-46(44)52(39)53(40)47)38-16-24-43(25-17-38)54-50-30-22-41(35-8-4-2-5-9-35)32-48(50)49-33-42(23-31-51(49)54)36-10-6-3-7-11-36/h2-33H,1H3. The van der Waals surface area contributed by atoms with Crippen molar-refractivity contribution in [3.63, 3.8) is 0 Å². The third kappa shape index (κ3) is 4.79. The molecule has 0 spiro atoms. The van der Waals surface area contributed by atoms with E-state index in [0.29, 0.717) is 0 Å². The minimum atomic E-state index is 1.15. The van der Waals surface area contributed by atoms with Gasteiger partial charge >= 0.3 is 0 Å². The highest BCUT2D eigenvalue weighted by Crippen LogP contribution is 2.43. The fourth-order valence-corrected chi connectivity index (χ4v) is 8.75. The van der Waals surface area contributed by atoms with Crippen LogP contribution in [0.2, 0.25) is 0 Å². The fourth-order valence-electron chi connectivity index (χ4n) is 8.75. The molecule has 54 heavy (non-hydrogen) atoms. The first-order valence-electron chi connectivity index (χ1n) is 18.8. The molecular weight excluding hydrogens is 651 g/mol. The van der Waals surface area contributed by atoms with Gasteiger partial charge in [-0.1, -0.05) is 163 Å². The maximum Gasteiger partial charge on any atom is 0.0541 e. The van der Waals surface area contributed by atoms with E-state index in [-0.39, 0.29) is 0 Å². The first kappa shape index (κ1) is 30.6. The lowest BCUT2D eigenvalue weighted by molar-refractivity contribution is 1.18. The number of benzene rings is 10. The molecule has 0 atom stereocenters. The Morgan fingerprint density at radius 3 is 1.22 bits per heavy atom. The second kappa shape index (κ2) is 12.0. The maximum atomic E-state index is 2.43. The second-order valence-corrected chi connectivity index (χ2v) is 14.6. The number of aromatic nitrogens is 1. The monoisotopic (exact) mass is 685 g/mol. The summed E-state index contributed by atoms with van der Waals surface area (Å²) in [6.45, 7) is 2.15. The minimum absolute atomic E-state index is 1.15. The van der Waals surface area contributed by atoms with Crippen LogP contribution in [-0.2, 0) is 0 Å². The lowest BCUT2D eigenvalue weighted by Gasteiger charge is -2.17. The highest BCUT2D eigenvalue weighted by atomic mass is 15.0. The largest absolute Gasteiger partial charge is 0.309 e. The van der Waals surface area contributed by atoms with E-state index in [1.165, 1.54) is 104 Å². The average Bonchev–Trinajstić information content (AvgIpc) is 3.56. The van der Waals surface area contributed by atoms with Crippen LogP contribution in [0.25, 0.3) is 104 Å². The molecule has 0 saturated heterocycles. The van der Waals surface area contributed by atoms with E-state index in [4.69, 9.17) is 0 Å². The maximum absolute atomic E-state index is 2.43. The van der Waals surface area contributed by atoms with E-state index >= 15 is 0 Å². The quantitative estimate of drug-likeness (QED) is 0.159. The van der Waals surface area contributed by atoms with Gasteiger partial charge in [0.2, 0.25) is 0 Å². The smallest absolute Gasteiger partial charge is 0.0541 e. The third-order valence-corrected chi connectivity index (χ3v) is 11.4. The molecule has 1 aromatic heterocycles. The Bertz CT molecular complexity index is 3070. The van der Waals surface area contributed by atoms with Crippen LogP contribution >= 0.6 is 0 Å². The normalized spacial score (nSPS) is 11.8. The summed E-state index contributed by atoms with van der Waals surface area (Å²) in [5.41, 5.74) is 14.7. The molecule has 10 aromatic carbocycles. The van der Waals surface area contributed by atoms with Crippen LogP contribution in [0.1, 0.15) is 5.56 Å². The van der Waals surface area contributed by atoms with E-state index in [1.54, 1.807) is 0 Å². The molecule has 0 saturated carbocycles. The predicted octanol–water partition coefficient (Wildman–Crippen LogP) is 14.7. The molecule has 0 radical (unpaired) electrons. The molecule has 0 amide bonds. The van der Waals surface area contributed by atoms with E-state index in [0.717, 1.165) is 5.69 Å². The van der Waals surface area contributed by atoms with Gasteiger partial charge in [-0.25, -0.2) is 0 Å². The van der Waals surface area contributed by atoms with Crippen LogP contribution in [0.5, 0.6) is 0 Å². The van der Waals surface area contributed by atoms with Crippen molar-refractivity contribution in [3.05, 3.63) is 200 Å². The summed E-state index contributed by atoms with van der Waals surface area (Å²) in [6.07, 6.45) is 0. The van der Waals surface area contributed by atoms with Gasteiger partial charge in [0.15, 0.2) is 0 Å². The minimum Gasteiger partial charge on any atom is -0.309 e. The highest BCUT2D eigenvalue weighted by Gasteiger charge is 2.17. The van der Waals surface area contributed by atoms with Gasteiger partial charge in [0.1, 0.15) is 0 Å². The number of aryl methyl sites for hydroxylation is 1. The van der Waals surface area contributed by atoms with Crippen LogP contribution in [-0.4, -0.2) is 4.57 Å². The van der Waals surface area contributed by atoms with Crippen molar-refractivity contribution >= 4 is 54.1 Å². The van der Waals surface area contributed by atoms with Crippen molar-refractivity contribution in [1.82, 2.24) is 4.57 Å². The summed E-state index contributed by atoms with van der Waals surface area (Å²) in [5.74, 6) is 0. The molecule has 252 valence electrons. The van der Waals surface area contributed by atoms with Crippen LogP contribution < -0.4 is 0 Å². The van der Waals surface area contributed by atoms with Gasteiger partial charge in [0.25, 0.3) is 0 Å². The highest BCUT2D eigenvalue weighted by molar-refractivity contribution is 6.27. The molecule has 0 N–H and O–H groups in total. The first-order valence-corrected chi connectivity index (χ1v) is 18.8. The Balaban J connectivity index is 1.06. The fraction of sp³-hybridized carbons (Fsp3) is 0.0189. The van der Waals surface area contributed by atoms with Gasteiger partial charge in [0, 0.05) is 16.5 Å². The molecule has 0 bridgehead atoms. The Kier molecular flexibility index (Phi) is 6.84. The zero-order valence-corrected chi connectivity index (χ0v) is 29.9. The van der Waals surface area contributed by atoms with Gasteiger partial charge in [-0.15, -0.1) is 0 Å².